The maximum absolute atomic E-state index is 13.1. The summed E-state index contributed by atoms with van der Waals surface area (Å²) in [5, 5.41) is 9.14. The summed E-state index contributed by atoms with van der Waals surface area (Å²) in [7, 11) is 1.94. The van der Waals surface area contributed by atoms with Crippen molar-refractivity contribution < 1.29 is 14.3 Å². The highest BCUT2D eigenvalue weighted by atomic mass is 19.1. The second kappa shape index (κ2) is 6.99. The molecule has 1 N–H and O–H groups in total. The van der Waals surface area contributed by atoms with E-state index in [1.807, 2.05) is 30.1 Å². The molecule has 0 aliphatic heterocycles. The van der Waals surface area contributed by atoms with Gasteiger partial charge >= 0.3 is 5.97 Å². The Morgan fingerprint density at radius 3 is 2.67 bits per heavy atom. The third-order valence-electron chi connectivity index (χ3n) is 3.35. The van der Waals surface area contributed by atoms with Gasteiger partial charge in [-0.25, -0.2) is 9.18 Å². The van der Waals surface area contributed by atoms with Crippen LogP contribution in [0.5, 0.6) is 0 Å². The van der Waals surface area contributed by atoms with E-state index >= 15 is 0 Å². The van der Waals surface area contributed by atoms with Gasteiger partial charge in [-0.2, -0.15) is 0 Å². The highest BCUT2D eigenvalue weighted by molar-refractivity contribution is 5.89. The van der Waals surface area contributed by atoms with Crippen molar-refractivity contribution in [2.24, 2.45) is 0 Å². The highest BCUT2D eigenvalue weighted by Gasteiger charge is 2.09. The zero-order valence-electron chi connectivity index (χ0n) is 11.9. The van der Waals surface area contributed by atoms with E-state index in [0.717, 1.165) is 11.1 Å². The minimum Gasteiger partial charge on any atom is -0.478 e. The van der Waals surface area contributed by atoms with Gasteiger partial charge in [-0.15, -0.1) is 0 Å². The van der Waals surface area contributed by atoms with Crippen LogP contribution in [0.3, 0.4) is 0 Å². The molecule has 0 bridgehead atoms. The van der Waals surface area contributed by atoms with Crippen molar-refractivity contribution in [3.05, 3.63) is 71.0 Å². The maximum atomic E-state index is 13.1. The number of rotatable bonds is 6. The van der Waals surface area contributed by atoms with Crippen LogP contribution >= 0.6 is 0 Å². The minimum absolute atomic E-state index is 0.239. The molecule has 0 aromatic heterocycles. The van der Waals surface area contributed by atoms with Crippen molar-refractivity contribution in [1.82, 2.24) is 4.90 Å². The highest BCUT2D eigenvalue weighted by Crippen LogP contribution is 2.11. The summed E-state index contributed by atoms with van der Waals surface area (Å²) in [6.07, 6.45) is 0.647. The first-order chi connectivity index (χ1) is 10.1. The molecule has 110 valence electrons. The van der Waals surface area contributed by atoms with Crippen LogP contribution in [0.15, 0.2) is 48.5 Å². The standard InChI is InChI=1S/C17H18FNO2/c1-19(12-13-5-4-7-15(18)11-13)10-9-14-6-2-3-8-16(14)17(20)21/h2-8,11H,9-10,12H2,1H3,(H,20,21). The van der Waals surface area contributed by atoms with Crippen molar-refractivity contribution in [2.75, 3.05) is 13.6 Å². The van der Waals surface area contributed by atoms with Gasteiger partial charge in [-0.3, -0.25) is 0 Å². The lowest BCUT2D eigenvalue weighted by molar-refractivity contribution is 0.0695. The summed E-state index contributed by atoms with van der Waals surface area (Å²) >= 11 is 0. The minimum atomic E-state index is -0.904. The summed E-state index contributed by atoms with van der Waals surface area (Å²) in [5.74, 6) is -1.14. The van der Waals surface area contributed by atoms with Crippen LogP contribution in [-0.4, -0.2) is 29.6 Å². The van der Waals surface area contributed by atoms with E-state index < -0.39 is 5.97 Å². The Balaban J connectivity index is 1.95. The van der Waals surface area contributed by atoms with Gasteiger partial charge in [-0.05, 0) is 42.8 Å². The molecule has 0 aliphatic rings. The van der Waals surface area contributed by atoms with Gasteiger partial charge in [-0.1, -0.05) is 30.3 Å². The Hall–Kier alpha value is -2.20. The van der Waals surface area contributed by atoms with Crippen LogP contribution in [0.25, 0.3) is 0 Å². The zero-order valence-corrected chi connectivity index (χ0v) is 11.9. The molecular formula is C17H18FNO2. The molecule has 0 unspecified atom stereocenters. The molecular weight excluding hydrogens is 269 g/mol. The predicted octanol–water partition coefficient (Wildman–Crippen LogP) is 3.20. The number of carboxylic acid groups (broad SMARTS) is 1. The van der Waals surface area contributed by atoms with Crippen LogP contribution in [-0.2, 0) is 13.0 Å². The van der Waals surface area contributed by atoms with Crippen LogP contribution in [0.1, 0.15) is 21.5 Å². The van der Waals surface area contributed by atoms with Crippen molar-refractivity contribution in [3.8, 4) is 0 Å². The number of benzene rings is 2. The number of carboxylic acids is 1. The smallest absolute Gasteiger partial charge is 0.335 e. The van der Waals surface area contributed by atoms with E-state index in [1.165, 1.54) is 12.1 Å². The Kier molecular flexibility index (Phi) is 5.06. The van der Waals surface area contributed by atoms with E-state index in [4.69, 9.17) is 5.11 Å². The molecule has 0 fully saturated rings. The number of hydrogen-bond donors (Lipinski definition) is 1. The van der Waals surface area contributed by atoms with Gasteiger partial charge in [0.15, 0.2) is 0 Å². The molecule has 0 radical (unpaired) electrons. The average Bonchev–Trinajstić information content (AvgIpc) is 2.45. The number of aromatic carboxylic acids is 1. The topological polar surface area (TPSA) is 40.5 Å². The van der Waals surface area contributed by atoms with Gasteiger partial charge in [0.25, 0.3) is 0 Å². The lowest BCUT2D eigenvalue weighted by atomic mass is 10.0. The van der Waals surface area contributed by atoms with E-state index in [9.17, 15) is 9.18 Å². The number of carbonyl (C=O) groups is 1. The second-order valence-electron chi connectivity index (χ2n) is 5.08. The summed E-state index contributed by atoms with van der Waals surface area (Å²) in [4.78, 5) is 13.2. The summed E-state index contributed by atoms with van der Waals surface area (Å²) < 4.78 is 13.1. The largest absolute Gasteiger partial charge is 0.478 e. The molecule has 4 heteroatoms. The van der Waals surface area contributed by atoms with Gasteiger partial charge in [0, 0.05) is 13.1 Å². The Morgan fingerprint density at radius 2 is 1.95 bits per heavy atom. The number of halogens is 1. The SMILES string of the molecule is CN(CCc1ccccc1C(=O)O)Cc1cccc(F)c1. The van der Waals surface area contributed by atoms with Gasteiger partial charge < -0.3 is 10.0 Å². The predicted molar refractivity (Wildman–Crippen MR) is 79.8 cm³/mol. The fourth-order valence-corrected chi connectivity index (χ4v) is 2.28. The van der Waals surface area contributed by atoms with E-state index in [0.29, 0.717) is 25.1 Å². The molecule has 0 saturated heterocycles. The molecule has 2 aromatic carbocycles. The molecule has 0 amide bonds. The van der Waals surface area contributed by atoms with Crippen LogP contribution in [0.4, 0.5) is 4.39 Å². The number of hydrogen-bond acceptors (Lipinski definition) is 2. The molecule has 0 heterocycles. The van der Waals surface area contributed by atoms with Crippen LogP contribution in [0, 0.1) is 5.82 Å². The average molecular weight is 287 g/mol. The van der Waals surface area contributed by atoms with E-state index in [1.54, 1.807) is 18.2 Å². The monoisotopic (exact) mass is 287 g/mol. The second-order valence-corrected chi connectivity index (χ2v) is 5.08. The van der Waals surface area contributed by atoms with Gasteiger partial charge in [0.2, 0.25) is 0 Å². The van der Waals surface area contributed by atoms with Gasteiger partial charge in [0.1, 0.15) is 5.82 Å². The Bertz CT molecular complexity index is 628. The van der Waals surface area contributed by atoms with Gasteiger partial charge in [0.05, 0.1) is 5.56 Å². The molecule has 0 spiro atoms. The zero-order chi connectivity index (χ0) is 15.2. The third kappa shape index (κ3) is 4.39. The lowest BCUT2D eigenvalue weighted by Crippen LogP contribution is -2.21. The number of nitrogens with zero attached hydrogens (tertiary/aromatic N) is 1. The summed E-state index contributed by atoms with van der Waals surface area (Å²) in [5.41, 5.74) is 2.07. The molecule has 0 aliphatic carbocycles. The first kappa shape index (κ1) is 15.2. The van der Waals surface area contributed by atoms with Crippen molar-refractivity contribution in [1.29, 1.82) is 0 Å². The van der Waals surface area contributed by atoms with E-state index in [-0.39, 0.29) is 5.82 Å². The van der Waals surface area contributed by atoms with E-state index in [2.05, 4.69) is 0 Å². The molecule has 2 aromatic rings. The lowest BCUT2D eigenvalue weighted by Gasteiger charge is -2.17. The van der Waals surface area contributed by atoms with Crippen molar-refractivity contribution in [3.63, 3.8) is 0 Å². The Morgan fingerprint density at radius 1 is 1.19 bits per heavy atom. The molecule has 21 heavy (non-hydrogen) atoms. The maximum Gasteiger partial charge on any atom is 0.335 e. The van der Waals surface area contributed by atoms with Crippen molar-refractivity contribution >= 4 is 5.97 Å². The fraction of sp³-hybridized carbons (Fsp3) is 0.235. The molecule has 2 rings (SSSR count). The first-order valence-corrected chi connectivity index (χ1v) is 6.80. The Labute approximate surface area is 123 Å². The van der Waals surface area contributed by atoms with Crippen LogP contribution in [0.2, 0.25) is 0 Å². The first-order valence-electron chi connectivity index (χ1n) is 6.80. The van der Waals surface area contributed by atoms with Crippen LogP contribution < -0.4 is 0 Å². The van der Waals surface area contributed by atoms with Crippen molar-refractivity contribution in [2.45, 2.75) is 13.0 Å². The molecule has 3 nitrogen and oxygen atoms in total. The quantitative estimate of drug-likeness (QED) is 0.887. The summed E-state index contributed by atoms with van der Waals surface area (Å²) in [6, 6.07) is 13.5. The summed E-state index contributed by atoms with van der Waals surface area (Å²) in [6.45, 7) is 1.34. The molecule has 0 atom stereocenters. The third-order valence-corrected chi connectivity index (χ3v) is 3.35. The fourth-order valence-electron chi connectivity index (χ4n) is 2.28. The number of likely N-dealkylation sites (N-methyl/N-ethyl adjacent to an activating group) is 1. The normalized spacial score (nSPS) is 10.8. The molecule has 0 saturated carbocycles.